The Hall–Kier alpha value is -2.61. The molecule has 0 bridgehead atoms. The molecule has 2 rings (SSSR count). The average molecular weight is 293 g/mol. The number of carboxylic acids is 1. The largest absolute Gasteiger partial charge is 0.478 e. The number of hydrogen-bond acceptors (Lipinski definition) is 5. The third kappa shape index (κ3) is 3.69. The number of aliphatic carboxylic acids is 1. The Balaban J connectivity index is 2.05. The molecule has 0 aromatic carbocycles. The second-order valence-corrected chi connectivity index (χ2v) is 4.62. The summed E-state index contributed by atoms with van der Waals surface area (Å²) in [6, 6.07) is 2.38. The molecule has 2 aromatic heterocycles. The van der Waals surface area contributed by atoms with Crippen LogP contribution in [-0.2, 0) is 4.79 Å². The number of carboxylic acid groups (broad SMARTS) is 1. The summed E-state index contributed by atoms with van der Waals surface area (Å²) in [6.07, 6.45) is 4.71. The maximum atomic E-state index is 12.7. The summed E-state index contributed by atoms with van der Waals surface area (Å²) in [5, 5.41) is 11.3. The maximum absolute atomic E-state index is 12.7. The van der Waals surface area contributed by atoms with Crippen molar-refractivity contribution >= 4 is 34.4 Å². The van der Waals surface area contributed by atoms with Crippen molar-refractivity contribution in [3.63, 3.8) is 0 Å². The van der Waals surface area contributed by atoms with Gasteiger partial charge >= 0.3 is 5.97 Å². The highest BCUT2D eigenvalue weighted by molar-refractivity contribution is 7.16. The molecular weight excluding hydrogens is 285 g/mol. The Morgan fingerprint density at radius 3 is 2.75 bits per heavy atom. The van der Waals surface area contributed by atoms with E-state index in [0.717, 1.165) is 29.7 Å². The first-order chi connectivity index (χ1) is 9.54. The number of anilines is 1. The van der Waals surface area contributed by atoms with Crippen molar-refractivity contribution in [1.82, 2.24) is 9.97 Å². The number of carbonyl (C=O) groups excluding carboxylic acids is 1. The predicted molar refractivity (Wildman–Crippen MR) is 70.9 cm³/mol. The third-order valence-corrected chi connectivity index (χ3v) is 2.97. The van der Waals surface area contributed by atoms with Gasteiger partial charge in [0, 0.05) is 17.2 Å². The smallest absolute Gasteiger partial charge is 0.328 e. The fraction of sp³-hybridized carbons (Fsp3) is 0. The summed E-state index contributed by atoms with van der Waals surface area (Å²) in [7, 11) is 0. The van der Waals surface area contributed by atoms with E-state index in [2.05, 4.69) is 15.3 Å². The normalized spacial score (nSPS) is 10.7. The minimum atomic E-state index is -1.07. The third-order valence-electron chi connectivity index (χ3n) is 2.09. The minimum Gasteiger partial charge on any atom is -0.478 e. The number of nitrogens with one attached hydrogen (secondary N) is 1. The van der Waals surface area contributed by atoms with E-state index in [9.17, 15) is 14.0 Å². The minimum absolute atomic E-state index is 0.0595. The lowest BCUT2D eigenvalue weighted by Crippen LogP contribution is -2.13. The molecule has 102 valence electrons. The first-order valence-electron chi connectivity index (χ1n) is 5.34. The summed E-state index contributed by atoms with van der Waals surface area (Å²) in [4.78, 5) is 30.3. The molecule has 0 spiro atoms. The zero-order valence-electron chi connectivity index (χ0n) is 9.91. The van der Waals surface area contributed by atoms with Gasteiger partial charge in [-0.25, -0.2) is 19.2 Å². The van der Waals surface area contributed by atoms with Gasteiger partial charge in [-0.1, -0.05) is 11.3 Å². The van der Waals surface area contributed by atoms with Crippen molar-refractivity contribution in [2.75, 3.05) is 5.32 Å². The quantitative estimate of drug-likeness (QED) is 0.841. The SMILES string of the molecule is O=C(O)/C=C/c1cnc(NC(=O)c2ccc(F)cn2)s1. The Labute approximate surface area is 116 Å². The van der Waals surface area contributed by atoms with Crippen LogP contribution in [0.15, 0.2) is 30.6 Å². The molecule has 2 heterocycles. The van der Waals surface area contributed by atoms with Crippen LogP contribution in [0.5, 0.6) is 0 Å². The van der Waals surface area contributed by atoms with Gasteiger partial charge in [0.25, 0.3) is 5.91 Å². The van der Waals surface area contributed by atoms with E-state index in [-0.39, 0.29) is 5.69 Å². The number of pyridine rings is 1. The van der Waals surface area contributed by atoms with Crippen molar-refractivity contribution < 1.29 is 19.1 Å². The van der Waals surface area contributed by atoms with Crippen molar-refractivity contribution in [3.05, 3.63) is 47.0 Å². The Kier molecular flexibility index (Phi) is 4.16. The summed E-state index contributed by atoms with van der Waals surface area (Å²) in [6.45, 7) is 0. The molecule has 0 aliphatic rings. The van der Waals surface area contributed by atoms with Gasteiger partial charge in [0.1, 0.15) is 11.5 Å². The number of aromatic nitrogens is 2. The van der Waals surface area contributed by atoms with Crippen molar-refractivity contribution in [2.24, 2.45) is 0 Å². The molecule has 0 aliphatic heterocycles. The van der Waals surface area contributed by atoms with Gasteiger partial charge in [-0.05, 0) is 18.2 Å². The number of halogens is 1. The highest BCUT2D eigenvalue weighted by atomic mass is 32.1. The maximum Gasteiger partial charge on any atom is 0.328 e. The van der Waals surface area contributed by atoms with Crippen LogP contribution in [0.2, 0.25) is 0 Å². The van der Waals surface area contributed by atoms with Gasteiger partial charge in [0.15, 0.2) is 5.13 Å². The van der Waals surface area contributed by atoms with Gasteiger partial charge in [0.05, 0.1) is 6.20 Å². The molecule has 20 heavy (non-hydrogen) atoms. The monoisotopic (exact) mass is 293 g/mol. The molecule has 2 aromatic rings. The molecule has 6 nitrogen and oxygen atoms in total. The summed E-state index contributed by atoms with van der Waals surface area (Å²) < 4.78 is 12.7. The topological polar surface area (TPSA) is 92.2 Å². The number of amides is 1. The van der Waals surface area contributed by atoms with E-state index in [1.807, 2.05) is 0 Å². The van der Waals surface area contributed by atoms with Crippen LogP contribution in [0, 0.1) is 5.82 Å². The highest BCUT2D eigenvalue weighted by Crippen LogP contribution is 2.19. The standard InChI is InChI=1S/C12H8FN3O3S/c13-7-1-3-9(14-5-7)11(19)16-12-15-6-8(20-12)2-4-10(17)18/h1-6H,(H,17,18)(H,15,16,19)/b4-2+. The first-order valence-corrected chi connectivity index (χ1v) is 6.16. The zero-order chi connectivity index (χ0) is 14.5. The van der Waals surface area contributed by atoms with Crippen LogP contribution in [0.25, 0.3) is 6.08 Å². The van der Waals surface area contributed by atoms with E-state index in [4.69, 9.17) is 5.11 Å². The van der Waals surface area contributed by atoms with Crippen LogP contribution in [0.3, 0.4) is 0 Å². The summed E-state index contributed by atoms with van der Waals surface area (Å²) in [5.41, 5.74) is 0.0595. The summed E-state index contributed by atoms with van der Waals surface area (Å²) >= 11 is 1.11. The molecule has 0 saturated heterocycles. The van der Waals surface area contributed by atoms with E-state index in [1.165, 1.54) is 18.3 Å². The van der Waals surface area contributed by atoms with Crippen LogP contribution in [-0.4, -0.2) is 27.0 Å². The van der Waals surface area contributed by atoms with Gasteiger partial charge in [-0.15, -0.1) is 0 Å². The predicted octanol–water partition coefficient (Wildman–Crippen LogP) is 2.03. The first kappa shape index (κ1) is 13.8. The van der Waals surface area contributed by atoms with Crippen LogP contribution in [0.4, 0.5) is 9.52 Å². The van der Waals surface area contributed by atoms with Crippen LogP contribution in [0.1, 0.15) is 15.4 Å². The molecule has 0 unspecified atom stereocenters. The number of rotatable bonds is 4. The number of carbonyl (C=O) groups is 2. The van der Waals surface area contributed by atoms with Gasteiger partial charge in [0.2, 0.25) is 0 Å². The Bertz CT molecular complexity index is 667. The lowest BCUT2D eigenvalue weighted by atomic mass is 10.3. The molecule has 0 saturated carbocycles. The molecule has 0 fully saturated rings. The van der Waals surface area contributed by atoms with E-state index in [1.54, 1.807) is 0 Å². The Morgan fingerprint density at radius 2 is 2.10 bits per heavy atom. The van der Waals surface area contributed by atoms with E-state index >= 15 is 0 Å². The van der Waals surface area contributed by atoms with Crippen LogP contribution < -0.4 is 5.32 Å². The number of nitrogens with zero attached hydrogens (tertiary/aromatic N) is 2. The van der Waals surface area contributed by atoms with Gasteiger partial charge in [-0.3, -0.25) is 10.1 Å². The van der Waals surface area contributed by atoms with E-state index in [0.29, 0.717) is 10.0 Å². The van der Waals surface area contributed by atoms with Crippen molar-refractivity contribution in [2.45, 2.75) is 0 Å². The molecule has 2 N–H and O–H groups in total. The molecule has 1 amide bonds. The fourth-order valence-corrected chi connectivity index (χ4v) is 1.96. The van der Waals surface area contributed by atoms with Gasteiger partial charge in [-0.2, -0.15) is 0 Å². The van der Waals surface area contributed by atoms with Crippen molar-refractivity contribution in [1.29, 1.82) is 0 Å². The summed E-state index contributed by atoms with van der Waals surface area (Å²) in [5.74, 6) is -2.12. The van der Waals surface area contributed by atoms with Gasteiger partial charge < -0.3 is 5.11 Å². The second-order valence-electron chi connectivity index (χ2n) is 3.56. The van der Waals surface area contributed by atoms with Crippen molar-refractivity contribution in [3.8, 4) is 0 Å². The number of hydrogen-bond donors (Lipinski definition) is 2. The van der Waals surface area contributed by atoms with E-state index < -0.39 is 17.7 Å². The molecule has 8 heteroatoms. The molecule has 0 atom stereocenters. The molecule has 0 aliphatic carbocycles. The fourth-order valence-electron chi connectivity index (χ4n) is 1.25. The average Bonchev–Trinajstić information content (AvgIpc) is 2.84. The lowest BCUT2D eigenvalue weighted by molar-refractivity contribution is -0.131. The molecular formula is C12H8FN3O3S. The zero-order valence-corrected chi connectivity index (χ0v) is 10.7. The highest BCUT2D eigenvalue weighted by Gasteiger charge is 2.10. The Morgan fingerprint density at radius 1 is 1.30 bits per heavy atom. The second kappa shape index (κ2) is 6.02. The van der Waals surface area contributed by atoms with Crippen LogP contribution >= 0.6 is 11.3 Å². The molecule has 0 radical (unpaired) electrons. The number of thiazole rings is 1. The lowest BCUT2D eigenvalue weighted by Gasteiger charge is -1.99.